The summed E-state index contributed by atoms with van der Waals surface area (Å²) in [6.45, 7) is 7.11. The molecule has 1 rings (SSSR count). The fourth-order valence-corrected chi connectivity index (χ4v) is 1.22. The molecule has 1 aliphatic rings. The Labute approximate surface area is 62.2 Å². The maximum Gasteiger partial charge on any atom is 0.222 e. The minimum Gasteiger partial charge on any atom is -0.343 e. The van der Waals surface area contributed by atoms with Gasteiger partial charge in [-0.25, -0.2) is 0 Å². The van der Waals surface area contributed by atoms with E-state index in [1.54, 1.807) is 0 Å². The van der Waals surface area contributed by atoms with Crippen LogP contribution in [0.2, 0.25) is 0 Å². The van der Waals surface area contributed by atoms with Crippen molar-refractivity contribution in [2.24, 2.45) is 0 Å². The summed E-state index contributed by atoms with van der Waals surface area (Å²) in [6.07, 6.45) is 3.39. The van der Waals surface area contributed by atoms with Gasteiger partial charge in [0, 0.05) is 19.5 Å². The molecule has 1 fully saturated rings. The zero-order chi connectivity index (χ0) is 7.40. The van der Waals surface area contributed by atoms with E-state index in [0.29, 0.717) is 12.3 Å². The predicted octanol–water partition coefficient (Wildman–Crippen LogP) is 1.10. The second-order valence-electron chi connectivity index (χ2n) is 2.63. The number of unbranched alkanes of at least 4 members (excludes halogenated alkanes) is 1. The molecule has 2 heteroatoms. The maximum atomic E-state index is 11.0. The van der Waals surface area contributed by atoms with Gasteiger partial charge in [-0.15, -0.1) is 0 Å². The predicted molar refractivity (Wildman–Crippen MR) is 39.3 cm³/mol. The summed E-state index contributed by atoms with van der Waals surface area (Å²) in [5, 5.41) is 0. The molecule has 0 aromatic carbocycles. The third kappa shape index (κ3) is 1.72. The van der Waals surface area contributed by atoms with Crippen molar-refractivity contribution >= 4 is 5.91 Å². The summed E-state index contributed by atoms with van der Waals surface area (Å²) in [6, 6.07) is 0. The van der Waals surface area contributed by atoms with Crippen LogP contribution in [0, 0.1) is 6.92 Å². The molecule has 0 aromatic heterocycles. The first-order valence-corrected chi connectivity index (χ1v) is 3.82. The van der Waals surface area contributed by atoms with E-state index in [-0.39, 0.29) is 0 Å². The lowest BCUT2D eigenvalue weighted by Gasteiger charge is -2.13. The quantitative estimate of drug-likeness (QED) is 0.573. The average molecular weight is 139 g/mol. The molecule has 0 saturated carbocycles. The zero-order valence-electron chi connectivity index (χ0n) is 6.18. The Morgan fingerprint density at radius 3 is 2.90 bits per heavy atom. The van der Waals surface area contributed by atoms with Crippen LogP contribution >= 0.6 is 0 Å². The number of nitrogens with zero attached hydrogens (tertiary/aromatic N) is 1. The van der Waals surface area contributed by atoms with Gasteiger partial charge in [0.05, 0.1) is 0 Å². The summed E-state index contributed by atoms with van der Waals surface area (Å²) in [5.41, 5.74) is 0. The molecule has 1 aliphatic heterocycles. The van der Waals surface area contributed by atoms with Gasteiger partial charge in [-0.05, 0) is 26.2 Å². The van der Waals surface area contributed by atoms with Gasteiger partial charge in [-0.2, -0.15) is 0 Å². The van der Waals surface area contributed by atoms with Crippen molar-refractivity contribution in [3.8, 4) is 0 Å². The van der Waals surface area contributed by atoms with Crippen molar-refractivity contribution in [1.29, 1.82) is 0 Å². The summed E-state index contributed by atoms with van der Waals surface area (Å²) < 4.78 is 0. The minimum absolute atomic E-state index is 0.299. The molecular formula is C8H13NO. The molecule has 10 heavy (non-hydrogen) atoms. The minimum atomic E-state index is 0.299. The smallest absolute Gasteiger partial charge is 0.222 e. The SMILES string of the molecule is [CH]CCCN1CCCC1=O. The van der Waals surface area contributed by atoms with Gasteiger partial charge in [0.1, 0.15) is 0 Å². The highest BCUT2D eigenvalue weighted by Crippen LogP contribution is 2.09. The average Bonchev–Trinajstić information content (AvgIpc) is 2.31. The Hall–Kier alpha value is -0.530. The molecule has 0 aliphatic carbocycles. The summed E-state index contributed by atoms with van der Waals surface area (Å²) >= 11 is 0. The Bertz CT molecular complexity index is 122. The highest BCUT2D eigenvalue weighted by atomic mass is 16.2. The first-order chi connectivity index (χ1) is 4.84. The zero-order valence-corrected chi connectivity index (χ0v) is 6.18. The number of likely N-dealkylation sites (tertiary alicyclic amines) is 1. The molecule has 1 saturated heterocycles. The fraction of sp³-hybridized carbons (Fsp3) is 0.750. The van der Waals surface area contributed by atoms with Gasteiger partial charge in [0.2, 0.25) is 5.91 Å². The Morgan fingerprint density at radius 2 is 2.40 bits per heavy atom. The summed E-state index contributed by atoms with van der Waals surface area (Å²) in [5.74, 6) is 0.299. The highest BCUT2D eigenvalue weighted by Gasteiger charge is 2.18. The third-order valence-corrected chi connectivity index (χ3v) is 1.80. The number of hydrogen-bond donors (Lipinski definition) is 0. The van der Waals surface area contributed by atoms with Crippen LogP contribution in [0.25, 0.3) is 0 Å². The van der Waals surface area contributed by atoms with E-state index in [9.17, 15) is 4.79 Å². The van der Waals surface area contributed by atoms with Crippen molar-refractivity contribution < 1.29 is 4.79 Å². The van der Waals surface area contributed by atoms with Crippen LogP contribution in [0.4, 0.5) is 0 Å². The molecular weight excluding hydrogens is 126 g/mol. The molecule has 0 bridgehead atoms. The van der Waals surface area contributed by atoms with E-state index in [0.717, 1.165) is 32.4 Å². The summed E-state index contributed by atoms with van der Waals surface area (Å²) in [7, 11) is 0. The molecule has 1 amide bonds. The largest absolute Gasteiger partial charge is 0.343 e. The lowest BCUT2D eigenvalue weighted by molar-refractivity contribution is -0.127. The third-order valence-electron chi connectivity index (χ3n) is 1.80. The molecule has 56 valence electrons. The van der Waals surface area contributed by atoms with Crippen LogP contribution in [0.3, 0.4) is 0 Å². The van der Waals surface area contributed by atoms with Crippen molar-refractivity contribution in [1.82, 2.24) is 4.90 Å². The van der Waals surface area contributed by atoms with Gasteiger partial charge < -0.3 is 4.90 Å². The van der Waals surface area contributed by atoms with E-state index in [4.69, 9.17) is 6.92 Å². The van der Waals surface area contributed by atoms with Crippen LogP contribution in [0.15, 0.2) is 0 Å². The lowest BCUT2D eigenvalue weighted by Crippen LogP contribution is -2.25. The van der Waals surface area contributed by atoms with E-state index >= 15 is 0 Å². The van der Waals surface area contributed by atoms with Gasteiger partial charge in [-0.1, -0.05) is 0 Å². The second kappa shape index (κ2) is 3.59. The topological polar surface area (TPSA) is 20.3 Å². The van der Waals surface area contributed by atoms with Gasteiger partial charge >= 0.3 is 0 Å². The number of carbonyl (C=O) groups is 1. The molecule has 2 nitrogen and oxygen atoms in total. The van der Waals surface area contributed by atoms with Crippen LogP contribution < -0.4 is 0 Å². The fourth-order valence-electron chi connectivity index (χ4n) is 1.22. The lowest BCUT2D eigenvalue weighted by atomic mass is 10.3. The van der Waals surface area contributed by atoms with Gasteiger partial charge in [0.25, 0.3) is 0 Å². The normalized spacial score (nSPS) is 18.5. The molecule has 0 atom stereocenters. The number of amides is 1. The first kappa shape index (κ1) is 7.58. The standard InChI is InChI=1S/C8H13NO/c1-2-3-6-9-7-4-5-8(9)10/h1H,2-7H2. The Morgan fingerprint density at radius 1 is 1.60 bits per heavy atom. The number of rotatable bonds is 3. The van der Waals surface area contributed by atoms with E-state index in [1.807, 2.05) is 4.90 Å². The van der Waals surface area contributed by atoms with Crippen LogP contribution in [-0.2, 0) is 4.79 Å². The molecule has 1 heterocycles. The van der Waals surface area contributed by atoms with E-state index < -0.39 is 0 Å². The van der Waals surface area contributed by atoms with Crippen molar-refractivity contribution in [2.45, 2.75) is 25.7 Å². The Kier molecular flexibility index (Phi) is 2.72. The summed E-state index contributed by atoms with van der Waals surface area (Å²) in [4.78, 5) is 12.9. The maximum absolute atomic E-state index is 11.0. The van der Waals surface area contributed by atoms with Crippen LogP contribution in [0.5, 0.6) is 0 Å². The molecule has 0 spiro atoms. The van der Waals surface area contributed by atoms with Gasteiger partial charge in [-0.3, -0.25) is 4.79 Å². The molecule has 2 radical (unpaired) electrons. The van der Waals surface area contributed by atoms with Crippen molar-refractivity contribution in [2.75, 3.05) is 13.1 Å². The molecule has 0 N–H and O–H groups in total. The van der Waals surface area contributed by atoms with E-state index in [2.05, 4.69) is 0 Å². The number of carbonyl (C=O) groups excluding carboxylic acids is 1. The number of hydrogen-bond acceptors (Lipinski definition) is 1. The highest BCUT2D eigenvalue weighted by molar-refractivity contribution is 5.77. The Balaban J connectivity index is 2.20. The molecule has 0 aromatic rings. The van der Waals surface area contributed by atoms with Crippen LogP contribution in [0.1, 0.15) is 25.7 Å². The van der Waals surface area contributed by atoms with Crippen molar-refractivity contribution in [3.05, 3.63) is 6.92 Å². The van der Waals surface area contributed by atoms with Gasteiger partial charge in [0.15, 0.2) is 0 Å². The molecule has 0 unspecified atom stereocenters. The first-order valence-electron chi connectivity index (χ1n) is 3.82. The van der Waals surface area contributed by atoms with E-state index in [1.165, 1.54) is 0 Å². The van der Waals surface area contributed by atoms with Crippen molar-refractivity contribution in [3.63, 3.8) is 0 Å². The monoisotopic (exact) mass is 139 g/mol. The second-order valence-corrected chi connectivity index (χ2v) is 2.63. The van der Waals surface area contributed by atoms with Crippen LogP contribution in [-0.4, -0.2) is 23.9 Å².